The summed E-state index contributed by atoms with van der Waals surface area (Å²) in [5.41, 5.74) is 0.0714. The van der Waals surface area contributed by atoms with E-state index in [0.717, 1.165) is 30.2 Å². The van der Waals surface area contributed by atoms with Crippen LogP contribution in [0.1, 0.15) is 60.7 Å². The average molecular weight is 487 g/mol. The minimum Gasteiger partial charge on any atom is -0.293 e. The summed E-state index contributed by atoms with van der Waals surface area (Å²) in [6.45, 7) is 1.81. The maximum absolute atomic E-state index is 12.9. The van der Waals surface area contributed by atoms with E-state index < -0.39 is 16.5 Å². The number of halogens is 1. The van der Waals surface area contributed by atoms with Gasteiger partial charge in [0.05, 0.1) is 5.25 Å². The minimum atomic E-state index is -0.500. The quantitative estimate of drug-likeness (QED) is 0.323. The van der Waals surface area contributed by atoms with Crippen molar-refractivity contribution in [1.29, 1.82) is 0 Å². The van der Waals surface area contributed by atoms with E-state index in [-0.39, 0.29) is 17.7 Å². The van der Waals surface area contributed by atoms with Crippen LogP contribution in [0.25, 0.3) is 11.0 Å². The van der Waals surface area contributed by atoms with Gasteiger partial charge in [-0.2, -0.15) is 0 Å². The SMILES string of the molecule is CC(Sc1nc(C2CC2)nc2c1c(=O)[nH]c(=O)n2C1CC1)C(=O)c1ccc(Br)cc1. The van der Waals surface area contributed by atoms with E-state index >= 15 is 0 Å². The number of aromatic nitrogens is 4. The molecule has 1 aromatic carbocycles. The van der Waals surface area contributed by atoms with Crippen molar-refractivity contribution < 1.29 is 4.79 Å². The third-order valence-electron chi connectivity index (χ3n) is 5.41. The van der Waals surface area contributed by atoms with Crippen LogP contribution in [0.2, 0.25) is 0 Å². The number of nitrogens with zero attached hydrogens (tertiary/aromatic N) is 3. The Hall–Kier alpha value is -2.26. The second kappa shape index (κ2) is 7.46. The summed E-state index contributed by atoms with van der Waals surface area (Å²) in [5, 5.41) is 0.318. The Kier molecular flexibility index (Phi) is 4.89. The first-order valence-corrected chi connectivity index (χ1v) is 11.6. The number of benzene rings is 1. The lowest BCUT2D eigenvalue weighted by Crippen LogP contribution is -2.31. The van der Waals surface area contributed by atoms with Gasteiger partial charge in [0.2, 0.25) is 0 Å². The zero-order valence-electron chi connectivity index (χ0n) is 16.2. The first-order chi connectivity index (χ1) is 14.4. The number of aromatic amines is 1. The lowest BCUT2D eigenvalue weighted by atomic mass is 10.1. The van der Waals surface area contributed by atoms with Crippen molar-refractivity contribution in [2.75, 3.05) is 0 Å². The van der Waals surface area contributed by atoms with E-state index in [9.17, 15) is 14.4 Å². The van der Waals surface area contributed by atoms with Gasteiger partial charge in [0, 0.05) is 22.0 Å². The van der Waals surface area contributed by atoms with E-state index in [2.05, 4.69) is 30.9 Å². The van der Waals surface area contributed by atoms with Crippen LogP contribution in [0.4, 0.5) is 0 Å². The molecule has 30 heavy (non-hydrogen) atoms. The van der Waals surface area contributed by atoms with Gasteiger partial charge in [-0.3, -0.25) is 19.1 Å². The fraction of sp³-hybridized carbons (Fsp3) is 0.381. The van der Waals surface area contributed by atoms with Crippen molar-refractivity contribution >= 4 is 44.5 Å². The number of thioether (sulfide) groups is 1. The van der Waals surface area contributed by atoms with Gasteiger partial charge in [-0.1, -0.05) is 39.8 Å². The van der Waals surface area contributed by atoms with E-state index in [4.69, 9.17) is 0 Å². The Bertz CT molecular complexity index is 1280. The number of fused-ring (bicyclic) bond motifs is 1. The Morgan fingerprint density at radius 2 is 1.87 bits per heavy atom. The van der Waals surface area contributed by atoms with Crippen LogP contribution in [0.15, 0.2) is 43.4 Å². The monoisotopic (exact) mass is 486 g/mol. The Balaban J connectivity index is 1.60. The highest BCUT2D eigenvalue weighted by Crippen LogP contribution is 2.41. The molecule has 3 aromatic rings. The molecular weight excluding hydrogens is 468 g/mol. The number of ketones is 1. The molecule has 154 valence electrons. The number of rotatable bonds is 6. The molecule has 2 fully saturated rings. The summed E-state index contributed by atoms with van der Waals surface area (Å²) in [5.74, 6) is 0.875. The maximum atomic E-state index is 12.9. The van der Waals surface area contributed by atoms with Crippen LogP contribution in [0.5, 0.6) is 0 Å². The summed E-state index contributed by atoms with van der Waals surface area (Å²) < 4.78 is 2.50. The summed E-state index contributed by atoms with van der Waals surface area (Å²) in [6, 6.07) is 7.27. The Morgan fingerprint density at radius 1 is 1.17 bits per heavy atom. The standard InChI is InChI=1S/C21H19BrN4O3S/c1-10(16(27)11-4-6-13(22)7-5-11)30-20-15-18(23-17(24-20)12-2-3-12)26(14-8-9-14)21(29)25-19(15)28/h4-7,10,12,14H,2-3,8-9H2,1H3,(H,25,28,29). The summed E-state index contributed by atoms with van der Waals surface area (Å²) >= 11 is 4.63. The molecule has 2 heterocycles. The molecule has 2 aliphatic carbocycles. The lowest BCUT2D eigenvalue weighted by Gasteiger charge is -2.14. The van der Waals surface area contributed by atoms with Crippen LogP contribution in [-0.2, 0) is 0 Å². The number of carbonyl (C=O) groups excluding carboxylic acids is 1. The molecule has 1 N–H and O–H groups in total. The zero-order valence-corrected chi connectivity index (χ0v) is 18.6. The van der Waals surface area contributed by atoms with Crippen LogP contribution < -0.4 is 11.2 Å². The van der Waals surface area contributed by atoms with Gasteiger partial charge < -0.3 is 0 Å². The molecule has 0 saturated heterocycles. The van der Waals surface area contributed by atoms with Gasteiger partial charge in [-0.05, 0) is 44.7 Å². The van der Waals surface area contributed by atoms with Gasteiger partial charge in [0.1, 0.15) is 16.2 Å². The van der Waals surface area contributed by atoms with Gasteiger partial charge in [-0.15, -0.1) is 0 Å². The number of H-pyrrole nitrogens is 1. The van der Waals surface area contributed by atoms with Crippen molar-refractivity contribution in [3.8, 4) is 0 Å². The lowest BCUT2D eigenvalue weighted by molar-refractivity contribution is 0.0994. The topological polar surface area (TPSA) is 97.7 Å². The number of Topliss-reactive ketones (excluding diaryl/α,β-unsaturated/α-hetero) is 1. The molecule has 1 atom stereocenters. The third kappa shape index (κ3) is 3.65. The molecule has 2 saturated carbocycles. The molecule has 2 aliphatic rings. The second-order valence-electron chi connectivity index (χ2n) is 7.85. The number of carbonyl (C=O) groups is 1. The van der Waals surface area contributed by atoms with Crippen LogP contribution >= 0.6 is 27.7 Å². The van der Waals surface area contributed by atoms with E-state index in [1.807, 2.05) is 19.1 Å². The number of hydrogen-bond donors (Lipinski definition) is 1. The van der Waals surface area contributed by atoms with E-state index in [1.54, 1.807) is 16.7 Å². The summed E-state index contributed by atoms with van der Waals surface area (Å²) in [7, 11) is 0. The summed E-state index contributed by atoms with van der Waals surface area (Å²) in [4.78, 5) is 49.8. The number of nitrogens with one attached hydrogen (secondary N) is 1. The molecule has 0 bridgehead atoms. The fourth-order valence-electron chi connectivity index (χ4n) is 3.48. The van der Waals surface area contributed by atoms with E-state index in [1.165, 1.54) is 11.8 Å². The molecule has 9 heteroatoms. The molecule has 2 aromatic heterocycles. The van der Waals surface area contributed by atoms with Crippen LogP contribution in [0, 0.1) is 0 Å². The molecule has 5 rings (SSSR count). The van der Waals surface area contributed by atoms with Gasteiger partial charge in [0.15, 0.2) is 11.4 Å². The predicted octanol–water partition coefficient (Wildman–Crippen LogP) is 3.82. The second-order valence-corrected chi connectivity index (χ2v) is 10.1. The first-order valence-electron chi connectivity index (χ1n) is 9.95. The van der Waals surface area contributed by atoms with E-state index in [0.29, 0.717) is 27.4 Å². The maximum Gasteiger partial charge on any atom is 0.330 e. The van der Waals surface area contributed by atoms with Gasteiger partial charge in [0.25, 0.3) is 5.56 Å². The van der Waals surface area contributed by atoms with Crippen molar-refractivity contribution in [1.82, 2.24) is 19.5 Å². The molecule has 0 amide bonds. The van der Waals surface area contributed by atoms with Gasteiger partial charge >= 0.3 is 5.69 Å². The highest BCUT2D eigenvalue weighted by Gasteiger charge is 2.33. The van der Waals surface area contributed by atoms with Crippen LogP contribution in [-0.4, -0.2) is 30.6 Å². The molecular formula is C21H19BrN4O3S. The normalized spacial score (nSPS) is 17.3. The first kappa shape index (κ1) is 19.7. The third-order valence-corrected chi connectivity index (χ3v) is 7.02. The number of hydrogen-bond acceptors (Lipinski definition) is 6. The highest BCUT2D eigenvalue weighted by molar-refractivity contribution is 9.10. The molecule has 7 nitrogen and oxygen atoms in total. The zero-order chi connectivity index (χ0) is 21.0. The highest BCUT2D eigenvalue weighted by atomic mass is 79.9. The predicted molar refractivity (Wildman–Crippen MR) is 118 cm³/mol. The largest absolute Gasteiger partial charge is 0.330 e. The smallest absolute Gasteiger partial charge is 0.293 e. The molecule has 1 unspecified atom stereocenters. The Morgan fingerprint density at radius 3 is 2.50 bits per heavy atom. The molecule has 0 radical (unpaired) electrons. The van der Waals surface area contributed by atoms with Gasteiger partial charge in [-0.25, -0.2) is 14.8 Å². The average Bonchev–Trinajstić information content (AvgIpc) is 3.61. The molecule has 0 aliphatic heterocycles. The summed E-state index contributed by atoms with van der Waals surface area (Å²) in [6.07, 6.45) is 3.79. The van der Waals surface area contributed by atoms with Crippen molar-refractivity contribution in [3.63, 3.8) is 0 Å². The van der Waals surface area contributed by atoms with Crippen molar-refractivity contribution in [2.45, 2.75) is 54.8 Å². The van der Waals surface area contributed by atoms with Crippen LogP contribution in [0.3, 0.4) is 0 Å². The Labute approximate surface area is 184 Å². The molecule has 0 spiro atoms. The van der Waals surface area contributed by atoms with Crippen molar-refractivity contribution in [2.24, 2.45) is 0 Å². The minimum absolute atomic E-state index is 0.0424. The van der Waals surface area contributed by atoms with Crippen molar-refractivity contribution in [3.05, 3.63) is 61.0 Å². The fourth-order valence-corrected chi connectivity index (χ4v) is 4.78.